The van der Waals surface area contributed by atoms with E-state index in [1.165, 1.54) is 44.9 Å². The van der Waals surface area contributed by atoms with Crippen LogP contribution >= 0.6 is 0 Å². The number of rotatable bonds is 2. The van der Waals surface area contributed by atoms with Gasteiger partial charge in [0, 0.05) is 29.6 Å². The van der Waals surface area contributed by atoms with E-state index in [1.807, 2.05) is 12.1 Å². The Balaban J connectivity index is 1.56. The zero-order valence-electron chi connectivity index (χ0n) is 14.8. The molecule has 2 saturated carbocycles. The number of amides is 1. The third kappa shape index (κ3) is 2.74. The summed E-state index contributed by atoms with van der Waals surface area (Å²) in [6, 6.07) is 10.7. The van der Waals surface area contributed by atoms with Crippen molar-refractivity contribution in [2.75, 3.05) is 6.54 Å². The lowest BCUT2D eigenvalue weighted by molar-refractivity contribution is 0.0392. The van der Waals surface area contributed by atoms with Gasteiger partial charge in [0.1, 0.15) is 0 Å². The lowest BCUT2D eigenvalue weighted by Gasteiger charge is -2.44. The Morgan fingerprint density at radius 1 is 1.00 bits per heavy atom. The molecule has 2 heterocycles. The van der Waals surface area contributed by atoms with Gasteiger partial charge in [-0.3, -0.25) is 9.78 Å². The van der Waals surface area contributed by atoms with Crippen LogP contribution in [0.5, 0.6) is 0 Å². The summed E-state index contributed by atoms with van der Waals surface area (Å²) < 4.78 is 0. The molecule has 5 rings (SSSR count). The molecule has 3 fully saturated rings. The van der Waals surface area contributed by atoms with E-state index in [4.69, 9.17) is 4.98 Å². The molecule has 2 aliphatic carbocycles. The maximum Gasteiger partial charge on any atom is 0.254 e. The second-order valence-electron chi connectivity index (χ2n) is 8.14. The number of likely N-dealkylation sites (tertiary alicyclic amines) is 1. The number of hydrogen-bond donors (Lipinski definition) is 0. The van der Waals surface area contributed by atoms with Crippen LogP contribution in [0.4, 0.5) is 0 Å². The average molecular weight is 334 g/mol. The first-order chi connectivity index (χ1) is 12.3. The van der Waals surface area contributed by atoms with Gasteiger partial charge in [0.15, 0.2) is 0 Å². The predicted octanol–water partition coefficient (Wildman–Crippen LogP) is 4.91. The zero-order valence-corrected chi connectivity index (χ0v) is 14.8. The van der Waals surface area contributed by atoms with Gasteiger partial charge in [0.05, 0.1) is 11.1 Å². The maximum absolute atomic E-state index is 13.6. The van der Waals surface area contributed by atoms with Gasteiger partial charge >= 0.3 is 0 Å². The molecule has 1 aromatic carbocycles. The molecule has 0 bridgehead atoms. The monoisotopic (exact) mass is 334 g/mol. The third-order valence-electron chi connectivity index (χ3n) is 6.47. The molecule has 3 nitrogen and oxygen atoms in total. The van der Waals surface area contributed by atoms with Crippen LogP contribution in [0, 0.1) is 5.92 Å². The molecule has 2 unspecified atom stereocenters. The summed E-state index contributed by atoms with van der Waals surface area (Å²) in [5, 5.41) is 1.02. The Bertz CT molecular complexity index is 809. The van der Waals surface area contributed by atoms with Crippen LogP contribution in [0.3, 0.4) is 0 Å². The Labute approximate surface area is 149 Å². The first-order valence-electron chi connectivity index (χ1n) is 10.0. The maximum atomic E-state index is 13.6. The Hall–Kier alpha value is -1.90. The summed E-state index contributed by atoms with van der Waals surface area (Å²) >= 11 is 0. The second-order valence-corrected chi connectivity index (χ2v) is 8.14. The number of aromatic nitrogens is 1. The smallest absolute Gasteiger partial charge is 0.254 e. The van der Waals surface area contributed by atoms with Gasteiger partial charge in [0.2, 0.25) is 0 Å². The molecule has 3 aliphatic rings. The zero-order chi connectivity index (χ0) is 16.8. The molecule has 0 radical (unpaired) electrons. The van der Waals surface area contributed by atoms with E-state index in [0.29, 0.717) is 12.0 Å². The van der Waals surface area contributed by atoms with Crippen molar-refractivity contribution in [3.8, 4) is 0 Å². The Morgan fingerprint density at radius 3 is 2.68 bits per heavy atom. The Morgan fingerprint density at radius 2 is 1.80 bits per heavy atom. The van der Waals surface area contributed by atoms with E-state index in [2.05, 4.69) is 23.1 Å². The van der Waals surface area contributed by atoms with Crippen molar-refractivity contribution < 1.29 is 4.79 Å². The minimum absolute atomic E-state index is 0.247. The van der Waals surface area contributed by atoms with Crippen molar-refractivity contribution in [1.82, 2.24) is 9.88 Å². The SMILES string of the molecule is O=C(c1cc(C2CC2)nc2ccccc12)N1CCCC2CCCCC21. The molecule has 25 heavy (non-hydrogen) atoms. The van der Waals surface area contributed by atoms with Gasteiger partial charge in [-0.25, -0.2) is 0 Å². The number of nitrogens with zero attached hydrogens (tertiary/aromatic N) is 2. The van der Waals surface area contributed by atoms with Crippen LogP contribution in [-0.4, -0.2) is 28.4 Å². The number of benzene rings is 1. The molecule has 1 aromatic heterocycles. The van der Waals surface area contributed by atoms with Crippen LogP contribution in [0.25, 0.3) is 10.9 Å². The molecule has 3 heteroatoms. The number of piperidine rings is 1. The van der Waals surface area contributed by atoms with Crippen molar-refractivity contribution in [3.05, 3.63) is 41.6 Å². The highest BCUT2D eigenvalue weighted by molar-refractivity contribution is 6.06. The van der Waals surface area contributed by atoms with E-state index in [0.717, 1.165) is 41.0 Å². The molecule has 0 spiro atoms. The number of para-hydroxylation sites is 1. The molecule has 1 saturated heterocycles. The van der Waals surface area contributed by atoms with Crippen molar-refractivity contribution in [1.29, 1.82) is 0 Å². The largest absolute Gasteiger partial charge is 0.335 e. The normalized spacial score (nSPS) is 26.5. The molecule has 2 aromatic rings. The average Bonchev–Trinajstić information content (AvgIpc) is 3.51. The van der Waals surface area contributed by atoms with Crippen LogP contribution in [0.1, 0.15) is 73.3 Å². The highest BCUT2D eigenvalue weighted by atomic mass is 16.2. The quantitative estimate of drug-likeness (QED) is 0.782. The predicted molar refractivity (Wildman–Crippen MR) is 99.7 cm³/mol. The number of fused-ring (bicyclic) bond motifs is 2. The molecule has 1 amide bonds. The van der Waals surface area contributed by atoms with Crippen molar-refractivity contribution in [2.45, 2.75) is 63.3 Å². The molecule has 1 aliphatic heterocycles. The highest BCUT2D eigenvalue weighted by Gasteiger charge is 2.37. The summed E-state index contributed by atoms with van der Waals surface area (Å²) in [4.78, 5) is 20.6. The van der Waals surface area contributed by atoms with E-state index >= 15 is 0 Å². The number of carbonyl (C=O) groups is 1. The van der Waals surface area contributed by atoms with E-state index < -0.39 is 0 Å². The summed E-state index contributed by atoms with van der Waals surface area (Å²) in [5.41, 5.74) is 2.99. The number of hydrogen-bond acceptors (Lipinski definition) is 2. The van der Waals surface area contributed by atoms with Crippen molar-refractivity contribution in [2.24, 2.45) is 5.92 Å². The highest BCUT2D eigenvalue weighted by Crippen LogP contribution is 2.41. The van der Waals surface area contributed by atoms with E-state index in [1.54, 1.807) is 0 Å². The van der Waals surface area contributed by atoms with Gasteiger partial charge < -0.3 is 4.90 Å². The minimum atomic E-state index is 0.247. The summed E-state index contributed by atoms with van der Waals surface area (Å²) in [6.07, 6.45) is 10.0. The third-order valence-corrected chi connectivity index (χ3v) is 6.47. The summed E-state index contributed by atoms with van der Waals surface area (Å²) in [6.45, 7) is 0.926. The fourth-order valence-electron chi connectivity index (χ4n) is 4.99. The molecule has 2 atom stereocenters. The van der Waals surface area contributed by atoms with Crippen LogP contribution in [-0.2, 0) is 0 Å². The second kappa shape index (κ2) is 6.12. The number of pyridine rings is 1. The first-order valence-corrected chi connectivity index (χ1v) is 10.0. The van der Waals surface area contributed by atoms with Crippen molar-refractivity contribution >= 4 is 16.8 Å². The fraction of sp³-hybridized carbons (Fsp3) is 0.545. The van der Waals surface area contributed by atoms with Gasteiger partial charge in [-0.15, -0.1) is 0 Å². The van der Waals surface area contributed by atoms with Gasteiger partial charge in [-0.2, -0.15) is 0 Å². The lowest BCUT2D eigenvalue weighted by Crippen LogP contribution is -2.49. The lowest BCUT2D eigenvalue weighted by atomic mass is 9.78. The summed E-state index contributed by atoms with van der Waals surface area (Å²) in [5.74, 6) is 1.54. The van der Waals surface area contributed by atoms with Crippen LogP contribution < -0.4 is 0 Å². The van der Waals surface area contributed by atoms with Crippen LogP contribution in [0.2, 0.25) is 0 Å². The Kier molecular flexibility index (Phi) is 3.76. The minimum Gasteiger partial charge on any atom is -0.335 e. The topological polar surface area (TPSA) is 33.2 Å². The molecular weight excluding hydrogens is 308 g/mol. The standard InChI is InChI=1S/C22H26N2O/c25-22(24-13-5-7-16-6-1-4-10-21(16)24)18-14-20(15-11-12-15)23-19-9-3-2-8-17(18)19/h2-3,8-9,14-16,21H,1,4-7,10-13H2. The molecule has 0 N–H and O–H groups in total. The van der Waals surface area contributed by atoms with E-state index in [9.17, 15) is 4.79 Å². The van der Waals surface area contributed by atoms with Gasteiger partial charge in [-0.05, 0) is 56.6 Å². The first kappa shape index (κ1) is 15.4. The van der Waals surface area contributed by atoms with E-state index in [-0.39, 0.29) is 5.91 Å². The van der Waals surface area contributed by atoms with Crippen molar-refractivity contribution in [3.63, 3.8) is 0 Å². The molecular formula is C22H26N2O. The van der Waals surface area contributed by atoms with Crippen LogP contribution in [0.15, 0.2) is 30.3 Å². The van der Waals surface area contributed by atoms with Gasteiger partial charge in [-0.1, -0.05) is 31.0 Å². The van der Waals surface area contributed by atoms with Gasteiger partial charge in [0.25, 0.3) is 5.91 Å². The summed E-state index contributed by atoms with van der Waals surface area (Å²) in [7, 11) is 0. The number of carbonyl (C=O) groups excluding carboxylic acids is 1. The molecule has 130 valence electrons. The fourth-order valence-corrected chi connectivity index (χ4v) is 4.99.